The summed E-state index contributed by atoms with van der Waals surface area (Å²) in [5.41, 5.74) is 1.67. The van der Waals surface area contributed by atoms with Gasteiger partial charge in [-0.1, -0.05) is 19.1 Å². The summed E-state index contributed by atoms with van der Waals surface area (Å²) < 4.78 is 17.2. The molecule has 0 fully saturated rings. The quantitative estimate of drug-likeness (QED) is 0.575. The van der Waals surface area contributed by atoms with Crippen molar-refractivity contribution >= 4 is 17.1 Å². The summed E-state index contributed by atoms with van der Waals surface area (Å²) in [6.45, 7) is 4.92. The molecule has 0 aliphatic rings. The normalized spacial score (nSPS) is 11.9. The molecule has 0 saturated carbocycles. The molecule has 0 aliphatic carbocycles. The predicted molar refractivity (Wildman–Crippen MR) is 102 cm³/mol. The maximum atomic E-state index is 10.8. The van der Waals surface area contributed by atoms with E-state index in [9.17, 15) is 4.79 Å². The molecule has 1 amide bonds. The van der Waals surface area contributed by atoms with Crippen molar-refractivity contribution in [3.8, 4) is 11.5 Å². The van der Waals surface area contributed by atoms with Crippen LogP contribution in [-0.4, -0.2) is 17.8 Å². The first-order chi connectivity index (χ1) is 13.0. The van der Waals surface area contributed by atoms with Gasteiger partial charge >= 0.3 is 6.09 Å². The van der Waals surface area contributed by atoms with Crippen molar-refractivity contribution < 1.29 is 23.8 Å². The molecule has 0 radical (unpaired) electrons. The van der Waals surface area contributed by atoms with Crippen LogP contribution >= 0.6 is 0 Å². The fourth-order valence-corrected chi connectivity index (χ4v) is 2.67. The first-order valence-electron chi connectivity index (χ1n) is 8.92. The Morgan fingerprint density at radius 2 is 1.81 bits per heavy atom. The largest absolute Gasteiger partial charge is 0.494 e. The van der Waals surface area contributed by atoms with Gasteiger partial charge in [-0.15, -0.1) is 0 Å². The molecule has 6 heteroatoms. The molecule has 3 rings (SSSR count). The van der Waals surface area contributed by atoms with Crippen molar-refractivity contribution in [2.45, 2.75) is 32.9 Å². The summed E-state index contributed by atoms with van der Waals surface area (Å²) >= 11 is 0. The summed E-state index contributed by atoms with van der Waals surface area (Å²) in [5, 5.41) is 12.1. The summed E-state index contributed by atoms with van der Waals surface area (Å²) in [4.78, 5) is 10.8. The second-order valence-electron chi connectivity index (χ2n) is 6.30. The second kappa shape index (κ2) is 8.49. The Kier molecular flexibility index (Phi) is 5.86. The Hall–Kier alpha value is -3.15. The van der Waals surface area contributed by atoms with E-state index in [2.05, 4.69) is 12.2 Å². The van der Waals surface area contributed by atoms with Gasteiger partial charge < -0.3 is 24.3 Å². The lowest BCUT2D eigenvalue weighted by Crippen LogP contribution is -2.23. The third kappa shape index (κ3) is 4.94. The first kappa shape index (κ1) is 18.6. The molecule has 1 unspecified atom stereocenters. The van der Waals surface area contributed by atoms with E-state index in [0.717, 1.165) is 28.9 Å². The van der Waals surface area contributed by atoms with Gasteiger partial charge in [-0.3, -0.25) is 0 Å². The molecule has 27 heavy (non-hydrogen) atoms. The molecular weight excluding hydrogens is 346 g/mol. The number of amides is 1. The third-order valence-corrected chi connectivity index (χ3v) is 4.07. The van der Waals surface area contributed by atoms with Crippen LogP contribution in [0, 0.1) is 0 Å². The van der Waals surface area contributed by atoms with E-state index in [-0.39, 0.29) is 0 Å². The standard InChI is InChI=1S/C21H23NO5/c1-3-10-25-17-6-8-18(9-7-17)26-13-15-4-5-16-12-19(27-20(16)11-15)14(2)22-21(23)24/h4-9,11-12,14,22H,3,10,13H2,1-2H3,(H,23,24). The Balaban J connectivity index is 1.64. The number of hydrogen-bond acceptors (Lipinski definition) is 4. The molecule has 0 spiro atoms. The minimum absolute atomic E-state index is 0.407. The highest BCUT2D eigenvalue weighted by Crippen LogP contribution is 2.26. The SMILES string of the molecule is CCCOc1ccc(OCc2ccc3cc(C(C)NC(=O)O)oc3c2)cc1. The van der Waals surface area contributed by atoms with E-state index >= 15 is 0 Å². The number of carboxylic acid groups (broad SMARTS) is 1. The van der Waals surface area contributed by atoms with E-state index in [1.165, 1.54) is 0 Å². The lowest BCUT2D eigenvalue weighted by atomic mass is 10.1. The topological polar surface area (TPSA) is 80.9 Å². The van der Waals surface area contributed by atoms with Crippen LogP contribution in [-0.2, 0) is 6.61 Å². The predicted octanol–water partition coefficient (Wildman–Crippen LogP) is 5.13. The Morgan fingerprint density at radius 1 is 1.11 bits per heavy atom. The lowest BCUT2D eigenvalue weighted by molar-refractivity contribution is 0.189. The van der Waals surface area contributed by atoms with Crippen LogP contribution in [0.1, 0.15) is 37.6 Å². The molecule has 0 aliphatic heterocycles. The van der Waals surface area contributed by atoms with Crippen LogP contribution in [0.2, 0.25) is 0 Å². The number of nitrogens with one attached hydrogen (secondary N) is 1. The van der Waals surface area contributed by atoms with E-state index < -0.39 is 12.1 Å². The minimum atomic E-state index is -1.08. The molecule has 1 aromatic heterocycles. The number of hydrogen-bond donors (Lipinski definition) is 2. The van der Waals surface area contributed by atoms with Crippen LogP contribution < -0.4 is 14.8 Å². The Morgan fingerprint density at radius 3 is 2.48 bits per heavy atom. The van der Waals surface area contributed by atoms with Crippen LogP contribution in [0.4, 0.5) is 4.79 Å². The molecule has 0 bridgehead atoms. The van der Waals surface area contributed by atoms with E-state index in [0.29, 0.717) is 24.6 Å². The minimum Gasteiger partial charge on any atom is -0.494 e. The number of fused-ring (bicyclic) bond motifs is 1. The number of benzene rings is 2. The fourth-order valence-electron chi connectivity index (χ4n) is 2.67. The van der Waals surface area contributed by atoms with Crippen molar-refractivity contribution in [1.29, 1.82) is 0 Å². The third-order valence-electron chi connectivity index (χ3n) is 4.07. The van der Waals surface area contributed by atoms with Crippen molar-refractivity contribution in [3.05, 3.63) is 59.9 Å². The maximum Gasteiger partial charge on any atom is 0.405 e. The van der Waals surface area contributed by atoms with Crippen molar-refractivity contribution in [2.75, 3.05) is 6.61 Å². The molecule has 3 aromatic rings. The number of furan rings is 1. The van der Waals surface area contributed by atoms with E-state index in [4.69, 9.17) is 19.0 Å². The lowest BCUT2D eigenvalue weighted by Gasteiger charge is -2.08. The van der Waals surface area contributed by atoms with Crippen LogP contribution in [0.15, 0.2) is 52.9 Å². The molecule has 142 valence electrons. The average Bonchev–Trinajstić information content (AvgIpc) is 3.08. The maximum absolute atomic E-state index is 10.8. The van der Waals surface area contributed by atoms with Crippen LogP contribution in [0.5, 0.6) is 11.5 Å². The molecule has 6 nitrogen and oxygen atoms in total. The molecule has 0 saturated heterocycles. The molecule has 2 aromatic carbocycles. The number of ether oxygens (including phenoxy) is 2. The zero-order chi connectivity index (χ0) is 19.2. The number of carbonyl (C=O) groups is 1. The average molecular weight is 369 g/mol. The van der Waals surface area contributed by atoms with Gasteiger partial charge in [0.15, 0.2) is 0 Å². The fraction of sp³-hybridized carbons (Fsp3) is 0.286. The van der Waals surface area contributed by atoms with Gasteiger partial charge in [-0.25, -0.2) is 4.79 Å². The van der Waals surface area contributed by atoms with Gasteiger partial charge in [0.25, 0.3) is 0 Å². The van der Waals surface area contributed by atoms with E-state index in [1.54, 1.807) is 6.92 Å². The van der Waals surface area contributed by atoms with Gasteiger partial charge in [0.2, 0.25) is 0 Å². The van der Waals surface area contributed by atoms with Crippen molar-refractivity contribution in [3.63, 3.8) is 0 Å². The highest BCUT2D eigenvalue weighted by atomic mass is 16.5. The highest BCUT2D eigenvalue weighted by Gasteiger charge is 2.13. The van der Waals surface area contributed by atoms with Crippen LogP contribution in [0.25, 0.3) is 11.0 Å². The number of rotatable bonds is 8. The molecule has 1 heterocycles. The monoisotopic (exact) mass is 369 g/mol. The summed E-state index contributed by atoms with van der Waals surface area (Å²) in [6, 6.07) is 14.8. The van der Waals surface area contributed by atoms with Gasteiger partial charge in [-0.2, -0.15) is 0 Å². The summed E-state index contributed by atoms with van der Waals surface area (Å²) in [6.07, 6.45) is -0.108. The van der Waals surface area contributed by atoms with Gasteiger partial charge in [0.1, 0.15) is 29.4 Å². The van der Waals surface area contributed by atoms with Crippen molar-refractivity contribution in [1.82, 2.24) is 5.32 Å². The highest BCUT2D eigenvalue weighted by molar-refractivity contribution is 5.79. The molecular formula is C21H23NO5. The summed E-state index contributed by atoms with van der Waals surface area (Å²) in [7, 11) is 0. The molecule has 2 N–H and O–H groups in total. The Labute approximate surface area is 157 Å². The Bertz CT molecular complexity index is 901. The zero-order valence-electron chi connectivity index (χ0n) is 15.4. The van der Waals surface area contributed by atoms with Gasteiger partial charge in [0, 0.05) is 5.39 Å². The van der Waals surface area contributed by atoms with Crippen LogP contribution in [0.3, 0.4) is 0 Å². The second-order valence-corrected chi connectivity index (χ2v) is 6.30. The van der Waals surface area contributed by atoms with Gasteiger partial charge in [0.05, 0.1) is 12.6 Å². The van der Waals surface area contributed by atoms with Gasteiger partial charge in [-0.05, 0) is 55.3 Å². The first-order valence-corrected chi connectivity index (χ1v) is 8.92. The van der Waals surface area contributed by atoms with E-state index in [1.807, 2.05) is 48.5 Å². The zero-order valence-corrected chi connectivity index (χ0v) is 15.4. The molecule has 1 atom stereocenters. The smallest absolute Gasteiger partial charge is 0.405 e. The summed E-state index contributed by atoms with van der Waals surface area (Å²) in [5.74, 6) is 2.17. The van der Waals surface area contributed by atoms with Crippen molar-refractivity contribution in [2.24, 2.45) is 0 Å².